The van der Waals surface area contributed by atoms with Gasteiger partial charge >= 0.3 is 0 Å². The average molecular weight is 297 g/mol. The molecule has 2 aromatic rings. The molecule has 1 aromatic carbocycles. The lowest BCUT2D eigenvalue weighted by atomic mass is 10.1. The summed E-state index contributed by atoms with van der Waals surface area (Å²) < 4.78 is 4.88. The first-order valence-corrected chi connectivity index (χ1v) is 6.20. The van der Waals surface area contributed by atoms with Crippen molar-refractivity contribution >= 4 is 29.0 Å². The molecule has 6 heteroatoms. The summed E-state index contributed by atoms with van der Waals surface area (Å²) >= 11 is 11.8. The molecule has 0 amide bonds. The van der Waals surface area contributed by atoms with Crippen molar-refractivity contribution in [1.82, 2.24) is 10.2 Å². The van der Waals surface area contributed by atoms with Crippen molar-refractivity contribution in [3.63, 3.8) is 0 Å². The van der Waals surface area contributed by atoms with E-state index in [1.165, 1.54) is 7.11 Å². The van der Waals surface area contributed by atoms with Crippen molar-refractivity contribution in [3.8, 4) is 5.88 Å². The fourth-order valence-electron chi connectivity index (χ4n) is 1.51. The van der Waals surface area contributed by atoms with Gasteiger partial charge in [0, 0.05) is 22.5 Å². The summed E-state index contributed by atoms with van der Waals surface area (Å²) in [5, 5.41) is 8.54. The standard InChI is InChI=1S/C13H10Cl2N2O2/c1-19-13-5-4-11(16-17-13)12(18)6-8-2-3-9(14)7-10(8)15/h2-5,7H,6H2,1H3. The van der Waals surface area contributed by atoms with Gasteiger partial charge in [0.2, 0.25) is 5.88 Å². The van der Waals surface area contributed by atoms with Crippen molar-refractivity contribution in [2.45, 2.75) is 6.42 Å². The fourth-order valence-corrected chi connectivity index (χ4v) is 1.98. The third-order valence-electron chi connectivity index (χ3n) is 2.50. The van der Waals surface area contributed by atoms with E-state index >= 15 is 0 Å². The van der Waals surface area contributed by atoms with Gasteiger partial charge in [-0.15, -0.1) is 10.2 Å². The third kappa shape index (κ3) is 3.43. The minimum absolute atomic E-state index is 0.150. The lowest BCUT2D eigenvalue weighted by Gasteiger charge is -2.04. The van der Waals surface area contributed by atoms with Crippen LogP contribution >= 0.6 is 23.2 Å². The van der Waals surface area contributed by atoms with Gasteiger partial charge in [0.15, 0.2) is 5.78 Å². The summed E-state index contributed by atoms with van der Waals surface area (Å²) in [6.07, 6.45) is 0.150. The van der Waals surface area contributed by atoms with E-state index in [9.17, 15) is 4.79 Å². The summed E-state index contributed by atoms with van der Waals surface area (Å²) in [4.78, 5) is 12.0. The number of carbonyl (C=O) groups excluding carboxylic acids is 1. The van der Waals surface area contributed by atoms with E-state index in [0.717, 1.165) is 0 Å². The van der Waals surface area contributed by atoms with Crippen LogP contribution in [0.15, 0.2) is 30.3 Å². The smallest absolute Gasteiger partial charge is 0.233 e. The molecule has 0 N–H and O–H groups in total. The van der Waals surface area contributed by atoms with Crippen molar-refractivity contribution < 1.29 is 9.53 Å². The van der Waals surface area contributed by atoms with Crippen LogP contribution in [0, 0.1) is 0 Å². The molecule has 4 nitrogen and oxygen atoms in total. The van der Waals surface area contributed by atoms with Gasteiger partial charge in [0.25, 0.3) is 0 Å². The molecular weight excluding hydrogens is 287 g/mol. The van der Waals surface area contributed by atoms with Gasteiger partial charge in [-0.05, 0) is 23.8 Å². The number of hydrogen-bond donors (Lipinski definition) is 0. The third-order valence-corrected chi connectivity index (χ3v) is 3.09. The summed E-state index contributed by atoms with van der Waals surface area (Å²) in [5.41, 5.74) is 0.973. The van der Waals surface area contributed by atoms with Gasteiger partial charge < -0.3 is 4.74 Å². The molecule has 0 aliphatic carbocycles. The van der Waals surface area contributed by atoms with Crippen molar-refractivity contribution in [2.75, 3.05) is 7.11 Å². The Morgan fingerprint density at radius 3 is 2.58 bits per heavy atom. The Balaban J connectivity index is 2.15. The van der Waals surface area contributed by atoms with Crippen LogP contribution in [0.3, 0.4) is 0 Å². The quantitative estimate of drug-likeness (QED) is 0.813. The number of benzene rings is 1. The highest BCUT2D eigenvalue weighted by Crippen LogP contribution is 2.22. The second-order valence-electron chi connectivity index (χ2n) is 3.80. The van der Waals surface area contributed by atoms with Crippen LogP contribution in [0.4, 0.5) is 0 Å². The van der Waals surface area contributed by atoms with Gasteiger partial charge in [-0.1, -0.05) is 29.3 Å². The maximum absolute atomic E-state index is 12.0. The predicted molar refractivity (Wildman–Crippen MR) is 73.1 cm³/mol. The normalized spacial score (nSPS) is 10.3. The molecule has 0 saturated carbocycles. The summed E-state index contributed by atoms with van der Waals surface area (Å²) in [6.45, 7) is 0. The van der Waals surface area contributed by atoms with Crippen molar-refractivity contribution in [1.29, 1.82) is 0 Å². The molecule has 0 aliphatic heterocycles. The zero-order valence-electron chi connectivity index (χ0n) is 10.1. The highest BCUT2D eigenvalue weighted by molar-refractivity contribution is 6.35. The van der Waals surface area contributed by atoms with Gasteiger partial charge in [0.05, 0.1) is 7.11 Å². The molecule has 0 atom stereocenters. The lowest BCUT2D eigenvalue weighted by molar-refractivity contribution is 0.0987. The molecule has 0 spiro atoms. The number of ether oxygens (including phenoxy) is 1. The van der Waals surface area contributed by atoms with Crippen LogP contribution in [-0.2, 0) is 6.42 Å². The zero-order valence-corrected chi connectivity index (χ0v) is 11.6. The summed E-state index contributed by atoms with van der Waals surface area (Å²) in [5.74, 6) is 0.195. The van der Waals surface area contributed by atoms with Crippen LogP contribution in [0.25, 0.3) is 0 Å². The topological polar surface area (TPSA) is 52.1 Å². The number of hydrogen-bond acceptors (Lipinski definition) is 4. The minimum atomic E-state index is -0.167. The van der Waals surface area contributed by atoms with E-state index in [1.807, 2.05) is 0 Å². The van der Waals surface area contributed by atoms with Crippen LogP contribution in [-0.4, -0.2) is 23.1 Å². The molecule has 19 heavy (non-hydrogen) atoms. The molecule has 0 radical (unpaired) electrons. The van der Waals surface area contributed by atoms with Gasteiger partial charge in [-0.25, -0.2) is 0 Å². The van der Waals surface area contributed by atoms with Crippen LogP contribution in [0.5, 0.6) is 5.88 Å². The molecule has 0 aliphatic rings. The SMILES string of the molecule is COc1ccc(C(=O)Cc2ccc(Cl)cc2Cl)nn1. The molecule has 1 heterocycles. The van der Waals surface area contributed by atoms with Crippen LogP contribution in [0.1, 0.15) is 16.1 Å². The number of Topliss-reactive ketones (excluding diaryl/α,β-unsaturated/α-hetero) is 1. The highest BCUT2D eigenvalue weighted by atomic mass is 35.5. The number of nitrogens with zero attached hydrogens (tertiary/aromatic N) is 2. The number of rotatable bonds is 4. The Morgan fingerprint density at radius 1 is 1.21 bits per heavy atom. The van der Waals surface area contributed by atoms with Crippen LogP contribution in [0.2, 0.25) is 10.0 Å². The van der Waals surface area contributed by atoms with E-state index in [1.54, 1.807) is 30.3 Å². The predicted octanol–water partition coefficient (Wildman–Crippen LogP) is 3.22. The molecule has 1 aromatic heterocycles. The number of aromatic nitrogens is 2. The van der Waals surface area contributed by atoms with E-state index in [0.29, 0.717) is 21.5 Å². The Bertz CT molecular complexity index is 600. The number of methoxy groups -OCH3 is 1. The van der Waals surface area contributed by atoms with E-state index in [-0.39, 0.29) is 17.9 Å². The minimum Gasteiger partial charge on any atom is -0.480 e. The first-order valence-electron chi connectivity index (χ1n) is 5.45. The first-order chi connectivity index (χ1) is 9.10. The number of halogens is 2. The molecule has 98 valence electrons. The largest absolute Gasteiger partial charge is 0.480 e. The molecule has 0 saturated heterocycles. The average Bonchev–Trinajstić information content (AvgIpc) is 2.42. The maximum Gasteiger partial charge on any atom is 0.233 e. The Morgan fingerprint density at radius 2 is 2.00 bits per heavy atom. The molecule has 0 fully saturated rings. The molecular formula is C13H10Cl2N2O2. The highest BCUT2D eigenvalue weighted by Gasteiger charge is 2.12. The maximum atomic E-state index is 12.0. The summed E-state index contributed by atoms with van der Waals surface area (Å²) in [7, 11) is 1.49. The Kier molecular flexibility index (Phi) is 4.35. The second-order valence-corrected chi connectivity index (χ2v) is 4.64. The molecule has 2 rings (SSSR count). The Hall–Kier alpha value is -1.65. The van der Waals surface area contributed by atoms with Gasteiger partial charge in [-0.2, -0.15) is 0 Å². The van der Waals surface area contributed by atoms with Crippen LogP contribution < -0.4 is 4.74 Å². The number of ketones is 1. The Labute approximate surface area is 120 Å². The zero-order chi connectivity index (χ0) is 13.8. The van der Waals surface area contributed by atoms with E-state index in [4.69, 9.17) is 27.9 Å². The second kappa shape index (κ2) is 5.99. The van der Waals surface area contributed by atoms with Crippen molar-refractivity contribution in [3.05, 3.63) is 51.6 Å². The summed E-state index contributed by atoms with van der Waals surface area (Å²) in [6, 6.07) is 8.17. The number of carbonyl (C=O) groups is 1. The van der Waals surface area contributed by atoms with E-state index in [2.05, 4.69) is 10.2 Å². The van der Waals surface area contributed by atoms with Crippen molar-refractivity contribution in [2.24, 2.45) is 0 Å². The van der Waals surface area contributed by atoms with E-state index < -0.39 is 0 Å². The van der Waals surface area contributed by atoms with Gasteiger partial charge in [-0.3, -0.25) is 4.79 Å². The fraction of sp³-hybridized carbons (Fsp3) is 0.154. The lowest BCUT2D eigenvalue weighted by Crippen LogP contribution is -2.07. The molecule has 0 unspecified atom stereocenters. The van der Waals surface area contributed by atoms with Gasteiger partial charge in [0.1, 0.15) is 5.69 Å². The first kappa shape index (κ1) is 13.8. The molecule has 0 bridgehead atoms. The monoisotopic (exact) mass is 296 g/mol.